The van der Waals surface area contributed by atoms with E-state index in [1.807, 2.05) is 11.3 Å². The maximum absolute atomic E-state index is 4.79. The van der Waals surface area contributed by atoms with Gasteiger partial charge in [0.25, 0.3) is 0 Å². The zero-order valence-electron chi connectivity index (χ0n) is 9.04. The van der Waals surface area contributed by atoms with Gasteiger partial charge in [-0.05, 0) is 38.3 Å². The molecule has 0 bridgehead atoms. The Morgan fingerprint density at radius 1 is 1.40 bits per heavy atom. The standard InChI is InChI=1S/C12H18N2S/c1-2-10(3-1)11-8-15-12(14-11)6-9-4-5-13-7-9/h8-10,13H,1-7H2. The number of thiazole rings is 1. The quantitative estimate of drug-likeness (QED) is 0.850. The fraction of sp³-hybridized carbons (Fsp3) is 0.750. The minimum absolute atomic E-state index is 0.803. The highest BCUT2D eigenvalue weighted by molar-refractivity contribution is 7.09. The molecule has 0 amide bonds. The molecule has 3 heteroatoms. The van der Waals surface area contributed by atoms with Crippen LogP contribution in [0.1, 0.15) is 42.3 Å². The van der Waals surface area contributed by atoms with Crippen LogP contribution in [0.3, 0.4) is 0 Å². The lowest BCUT2D eigenvalue weighted by atomic mass is 9.83. The van der Waals surface area contributed by atoms with Gasteiger partial charge in [-0.25, -0.2) is 4.98 Å². The number of nitrogens with zero attached hydrogens (tertiary/aromatic N) is 1. The zero-order chi connectivity index (χ0) is 10.1. The SMILES string of the molecule is c1sc(CC2CCNC2)nc1C1CCC1. The number of hydrogen-bond donors (Lipinski definition) is 1. The Morgan fingerprint density at radius 3 is 3.00 bits per heavy atom. The van der Waals surface area contributed by atoms with Crippen molar-refractivity contribution in [2.75, 3.05) is 13.1 Å². The van der Waals surface area contributed by atoms with Gasteiger partial charge in [-0.15, -0.1) is 11.3 Å². The monoisotopic (exact) mass is 222 g/mol. The Morgan fingerprint density at radius 2 is 2.33 bits per heavy atom. The summed E-state index contributed by atoms with van der Waals surface area (Å²) in [7, 11) is 0. The van der Waals surface area contributed by atoms with E-state index in [1.54, 1.807) is 0 Å². The summed E-state index contributed by atoms with van der Waals surface area (Å²) in [6.45, 7) is 2.39. The zero-order valence-corrected chi connectivity index (χ0v) is 9.85. The summed E-state index contributed by atoms with van der Waals surface area (Å²) < 4.78 is 0. The number of hydrogen-bond acceptors (Lipinski definition) is 3. The summed E-state index contributed by atoms with van der Waals surface area (Å²) in [5.74, 6) is 1.64. The third-order valence-electron chi connectivity index (χ3n) is 3.72. The van der Waals surface area contributed by atoms with Gasteiger partial charge in [0.1, 0.15) is 0 Å². The van der Waals surface area contributed by atoms with Crippen molar-refractivity contribution in [1.29, 1.82) is 0 Å². The molecule has 3 rings (SSSR count). The van der Waals surface area contributed by atoms with Gasteiger partial charge in [-0.1, -0.05) is 6.42 Å². The van der Waals surface area contributed by atoms with Gasteiger partial charge in [0.15, 0.2) is 0 Å². The van der Waals surface area contributed by atoms with E-state index in [-0.39, 0.29) is 0 Å². The van der Waals surface area contributed by atoms with Gasteiger partial charge < -0.3 is 5.32 Å². The summed E-state index contributed by atoms with van der Waals surface area (Å²) in [5.41, 5.74) is 1.38. The smallest absolute Gasteiger partial charge is 0.0931 e. The summed E-state index contributed by atoms with van der Waals surface area (Å²) in [4.78, 5) is 4.79. The van der Waals surface area contributed by atoms with E-state index in [1.165, 1.54) is 55.9 Å². The maximum atomic E-state index is 4.79. The predicted octanol–water partition coefficient (Wildman–Crippen LogP) is 2.56. The molecule has 1 unspecified atom stereocenters. The van der Waals surface area contributed by atoms with Gasteiger partial charge >= 0.3 is 0 Å². The molecule has 2 heterocycles. The molecular formula is C12H18N2S. The number of rotatable bonds is 3. The average molecular weight is 222 g/mol. The van der Waals surface area contributed by atoms with E-state index >= 15 is 0 Å². The van der Waals surface area contributed by atoms with Gasteiger partial charge in [0.2, 0.25) is 0 Å². The van der Waals surface area contributed by atoms with E-state index in [2.05, 4.69) is 10.7 Å². The highest BCUT2D eigenvalue weighted by atomic mass is 32.1. The molecule has 1 aromatic rings. The highest BCUT2D eigenvalue weighted by Gasteiger charge is 2.23. The van der Waals surface area contributed by atoms with Crippen LogP contribution in [-0.2, 0) is 6.42 Å². The molecule has 1 aromatic heterocycles. The largest absolute Gasteiger partial charge is 0.316 e. The van der Waals surface area contributed by atoms with Gasteiger partial charge in [0.05, 0.1) is 10.7 Å². The van der Waals surface area contributed by atoms with E-state index < -0.39 is 0 Å². The van der Waals surface area contributed by atoms with Crippen molar-refractivity contribution in [2.24, 2.45) is 5.92 Å². The van der Waals surface area contributed by atoms with Crippen molar-refractivity contribution in [3.63, 3.8) is 0 Å². The third kappa shape index (κ3) is 2.08. The number of nitrogens with one attached hydrogen (secondary N) is 1. The minimum Gasteiger partial charge on any atom is -0.316 e. The molecule has 0 aromatic carbocycles. The molecule has 2 aliphatic rings. The molecule has 1 saturated carbocycles. The summed E-state index contributed by atoms with van der Waals surface area (Å²) in [5, 5.41) is 7.08. The molecule has 1 N–H and O–H groups in total. The lowest BCUT2D eigenvalue weighted by molar-refractivity contribution is 0.411. The van der Waals surface area contributed by atoms with E-state index in [9.17, 15) is 0 Å². The van der Waals surface area contributed by atoms with E-state index in [4.69, 9.17) is 4.98 Å². The maximum Gasteiger partial charge on any atom is 0.0931 e. The Balaban J connectivity index is 1.62. The second-order valence-corrected chi connectivity index (χ2v) is 5.80. The molecule has 1 aliphatic carbocycles. The first-order valence-corrected chi connectivity index (χ1v) is 6.95. The molecule has 1 saturated heterocycles. The van der Waals surface area contributed by atoms with Crippen molar-refractivity contribution >= 4 is 11.3 Å². The van der Waals surface area contributed by atoms with Crippen LogP contribution in [0.4, 0.5) is 0 Å². The first-order valence-electron chi connectivity index (χ1n) is 6.07. The fourth-order valence-corrected chi connectivity index (χ4v) is 3.44. The molecule has 15 heavy (non-hydrogen) atoms. The molecule has 1 atom stereocenters. The minimum atomic E-state index is 0.803. The van der Waals surface area contributed by atoms with Gasteiger partial charge in [0, 0.05) is 17.7 Å². The third-order valence-corrected chi connectivity index (χ3v) is 4.61. The summed E-state index contributed by atoms with van der Waals surface area (Å²) >= 11 is 1.88. The van der Waals surface area contributed by atoms with Crippen LogP contribution < -0.4 is 5.32 Å². The predicted molar refractivity (Wildman–Crippen MR) is 63.4 cm³/mol. The van der Waals surface area contributed by atoms with E-state index in [0.29, 0.717) is 0 Å². The Labute approximate surface area is 95.1 Å². The van der Waals surface area contributed by atoms with Crippen LogP contribution in [0.15, 0.2) is 5.38 Å². The molecule has 2 nitrogen and oxygen atoms in total. The fourth-order valence-electron chi connectivity index (χ4n) is 2.45. The van der Waals surface area contributed by atoms with Crippen LogP contribution in [0.2, 0.25) is 0 Å². The Bertz CT molecular complexity index is 324. The van der Waals surface area contributed by atoms with Gasteiger partial charge in [-0.3, -0.25) is 0 Å². The molecule has 2 fully saturated rings. The molecule has 1 aliphatic heterocycles. The first kappa shape index (κ1) is 9.79. The normalized spacial score (nSPS) is 26.8. The van der Waals surface area contributed by atoms with Crippen molar-refractivity contribution in [3.8, 4) is 0 Å². The molecule has 82 valence electrons. The van der Waals surface area contributed by atoms with E-state index in [0.717, 1.165) is 11.8 Å². The molecule has 0 radical (unpaired) electrons. The Hall–Kier alpha value is -0.410. The Kier molecular flexibility index (Phi) is 2.76. The lowest BCUT2D eigenvalue weighted by Crippen LogP contribution is -2.11. The molecule has 0 spiro atoms. The summed E-state index contributed by atoms with van der Waals surface area (Å²) in [6.07, 6.45) is 6.68. The van der Waals surface area contributed by atoms with Crippen LogP contribution >= 0.6 is 11.3 Å². The van der Waals surface area contributed by atoms with Crippen LogP contribution in [0.5, 0.6) is 0 Å². The van der Waals surface area contributed by atoms with Crippen molar-refractivity contribution in [3.05, 3.63) is 16.1 Å². The topological polar surface area (TPSA) is 24.9 Å². The lowest BCUT2D eigenvalue weighted by Gasteiger charge is -2.23. The first-order chi connectivity index (χ1) is 7.42. The highest BCUT2D eigenvalue weighted by Crippen LogP contribution is 2.36. The van der Waals surface area contributed by atoms with Crippen LogP contribution in [-0.4, -0.2) is 18.1 Å². The van der Waals surface area contributed by atoms with Gasteiger partial charge in [-0.2, -0.15) is 0 Å². The number of aromatic nitrogens is 1. The molecular weight excluding hydrogens is 204 g/mol. The average Bonchev–Trinajstić information content (AvgIpc) is 2.75. The summed E-state index contributed by atoms with van der Waals surface area (Å²) in [6, 6.07) is 0. The van der Waals surface area contributed by atoms with Crippen LogP contribution in [0.25, 0.3) is 0 Å². The van der Waals surface area contributed by atoms with Crippen molar-refractivity contribution < 1.29 is 0 Å². The van der Waals surface area contributed by atoms with Crippen molar-refractivity contribution in [1.82, 2.24) is 10.3 Å². The van der Waals surface area contributed by atoms with Crippen LogP contribution in [0, 0.1) is 5.92 Å². The van der Waals surface area contributed by atoms with Crippen molar-refractivity contribution in [2.45, 2.75) is 38.0 Å². The second kappa shape index (κ2) is 4.22. The second-order valence-electron chi connectivity index (χ2n) is 4.86.